The maximum atomic E-state index is 10.2. The van der Waals surface area contributed by atoms with Gasteiger partial charge in [-0.05, 0) is 65.6 Å². The summed E-state index contributed by atoms with van der Waals surface area (Å²) in [4.78, 5) is 0. The largest absolute Gasteiger partial charge is 0.506 e. The normalized spacial score (nSPS) is 12.5. The summed E-state index contributed by atoms with van der Waals surface area (Å²) in [7, 11) is 0. The maximum absolute atomic E-state index is 10.2. The Hall–Kier alpha value is -2.36. The van der Waals surface area contributed by atoms with Crippen molar-refractivity contribution in [2.75, 3.05) is 6.61 Å². The van der Waals surface area contributed by atoms with Crippen molar-refractivity contribution in [1.29, 1.82) is 0 Å². The Morgan fingerprint density at radius 1 is 0.867 bits per heavy atom. The zero-order valence-electron chi connectivity index (χ0n) is 19.5. The lowest BCUT2D eigenvalue weighted by Crippen LogP contribution is -2.24. The molecule has 0 amide bonds. The van der Waals surface area contributed by atoms with Crippen molar-refractivity contribution in [3.05, 3.63) is 48.0 Å². The molecular formula is C26H38N2O2. The molecule has 4 nitrogen and oxygen atoms in total. The van der Waals surface area contributed by atoms with Crippen LogP contribution >= 0.6 is 0 Å². The zero-order chi connectivity index (χ0) is 22.2. The Balaban J connectivity index is 2.05. The van der Waals surface area contributed by atoms with Crippen LogP contribution < -0.4 is 4.74 Å². The number of nitrogens with zero attached hydrogens (tertiary/aromatic N) is 2. The molecule has 0 saturated carbocycles. The van der Waals surface area contributed by atoms with Gasteiger partial charge in [-0.1, -0.05) is 66.9 Å². The molecule has 2 rings (SSSR count). The van der Waals surface area contributed by atoms with Crippen LogP contribution in [0.1, 0.15) is 79.2 Å². The third-order valence-corrected chi connectivity index (χ3v) is 5.11. The van der Waals surface area contributed by atoms with Crippen molar-refractivity contribution < 1.29 is 9.84 Å². The van der Waals surface area contributed by atoms with E-state index in [1.165, 1.54) is 19.3 Å². The van der Waals surface area contributed by atoms with Crippen LogP contribution in [0.25, 0.3) is 0 Å². The van der Waals surface area contributed by atoms with E-state index >= 15 is 0 Å². The summed E-state index contributed by atoms with van der Waals surface area (Å²) < 4.78 is 5.77. The first-order valence-corrected chi connectivity index (χ1v) is 11.1. The van der Waals surface area contributed by atoms with Gasteiger partial charge in [0, 0.05) is 0 Å². The number of benzene rings is 2. The van der Waals surface area contributed by atoms with E-state index in [1.807, 2.05) is 36.4 Å². The van der Waals surface area contributed by atoms with E-state index in [4.69, 9.17) is 4.74 Å². The summed E-state index contributed by atoms with van der Waals surface area (Å²) in [5, 5.41) is 18.9. The number of ether oxygens (including phenoxy) is 1. The minimum absolute atomic E-state index is 0.0215. The zero-order valence-corrected chi connectivity index (χ0v) is 19.5. The standard InChI is InChI=1S/C26H38N2O2/c1-7-8-9-10-17-30-22-14-12-21(13-15-22)27-28-23-18-20(11-16-24(23)29)26(5,6)19-25(2,3)4/h11-16,18,29H,7-10,17,19H2,1-6H3. The van der Waals surface area contributed by atoms with Crippen molar-refractivity contribution in [2.45, 2.75) is 79.1 Å². The van der Waals surface area contributed by atoms with Crippen LogP contribution in [0.2, 0.25) is 0 Å². The predicted molar refractivity (Wildman–Crippen MR) is 125 cm³/mol. The highest BCUT2D eigenvalue weighted by Gasteiger charge is 2.27. The number of azo groups is 1. The molecule has 0 atom stereocenters. The van der Waals surface area contributed by atoms with Crippen LogP contribution in [-0.2, 0) is 5.41 Å². The molecule has 0 saturated heterocycles. The third-order valence-electron chi connectivity index (χ3n) is 5.11. The van der Waals surface area contributed by atoms with Gasteiger partial charge in [-0.2, -0.15) is 5.11 Å². The minimum atomic E-state index is -0.0215. The molecule has 0 radical (unpaired) electrons. The molecule has 164 valence electrons. The quantitative estimate of drug-likeness (QED) is 0.315. The summed E-state index contributed by atoms with van der Waals surface area (Å²) >= 11 is 0. The summed E-state index contributed by atoms with van der Waals surface area (Å²) in [6.07, 6.45) is 5.80. The molecule has 2 aromatic rings. The van der Waals surface area contributed by atoms with E-state index in [-0.39, 0.29) is 16.6 Å². The summed E-state index contributed by atoms with van der Waals surface area (Å²) in [5.41, 5.74) is 2.56. The van der Waals surface area contributed by atoms with Gasteiger partial charge in [0.15, 0.2) is 0 Å². The molecule has 0 fully saturated rings. The van der Waals surface area contributed by atoms with Crippen LogP contribution in [0, 0.1) is 5.41 Å². The first-order valence-electron chi connectivity index (χ1n) is 11.1. The first kappa shape index (κ1) is 23.9. The number of aromatic hydroxyl groups is 1. The molecule has 4 heteroatoms. The van der Waals surface area contributed by atoms with Crippen LogP contribution in [0.3, 0.4) is 0 Å². The van der Waals surface area contributed by atoms with Crippen molar-refractivity contribution in [3.63, 3.8) is 0 Å². The van der Waals surface area contributed by atoms with E-state index < -0.39 is 0 Å². The number of unbranched alkanes of at least 4 members (excludes halogenated alkanes) is 3. The molecule has 30 heavy (non-hydrogen) atoms. The molecule has 0 heterocycles. The molecule has 0 aliphatic carbocycles. The number of phenols is 1. The Labute approximate surface area is 182 Å². The van der Waals surface area contributed by atoms with E-state index in [0.29, 0.717) is 5.69 Å². The molecular weight excluding hydrogens is 372 g/mol. The molecule has 0 aliphatic heterocycles. The van der Waals surface area contributed by atoms with Crippen molar-refractivity contribution in [1.82, 2.24) is 0 Å². The number of rotatable bonds is 10. The lowest BCUT2D eigenvalue weighted by atomic mass is 9.72. The number of hydrogen-bond donors (Lipinski definition) is 1. The second-order valence-corrected chi connectivity index (χ2v) is 9.93. The SMILES string of the molecule is CCCCCCOc1ccc(N=Nc2cc(C(C)(C)CC(C)(C)C)ccc2O)cc1. The molecule has 2 aromatic carbocycles. The van der Waals surface area contributed by atoms with Gasteiger partial charge in [-0.3, -0.25) is 0 Å². The van der Waals surface area contributed by atoms with Crippen LogP contribution in [-0.4, -0.2) is 11.7 Å². The fraction of sp³-hybridized carbons (Fsp3) is 0.538. The highest BCUT2D eigenvalue weighted by atomic mass is 16.5. The molecule has 0 unspecified atom stereocenters. The molecule has 0 aliphatic rings. The van der Waals surface area contributed by atoms with E-state index in [9.17, 15) is 5.11 Å². The number of hydrogen-bond acceptors (Lipinski definition) is 4. The van der Waals surface area contributed by atoms with Crippen LogP contribution in [0.5, 0.6) is 11.5 Å². The van der Waals surface area contributed by atoms with Crippen LogP contribution in [0.4, 0.5) is 11.4 Å². The van der Waals surface area contributed by atoms with Crippen molar-refractivity contribution in [2.24, 2.45) is 15.6 Å². The van der Waals surface area contributed by atoms with Gasteiger partial charge in [0.25, 0.3) is 0 Å². The maximum Gasteiger partial charge on any atom is 0.143 e. The predicted octanol–water partition coefficient (Wildman–Crippen LogP) is 8.48. The highest BCUT2D eigenvalue weighted by Crippen LogP contribution is 2.39. The lowest BCUT2D eigenvalue weighted by Gasteiger charge is -2.33. The van der Waals surface area contributed by atoms with E-state index in [2.05, 4.69) is 51.8 Å². The van der Waals surface area contributed by atoms with Gasteiger partial charge >= 0.3 is 0 Å². The van der Waals surface area contributed by atoms with E-state index in [1.54, 1.807) is 6.07 Å². The van der Waals surface area contributed by atoms with Gasteiger partial charge in [0.05, 0.1) is 12.3 Å². The summed E-state index contributed by atoms with van der Waals surface area (Å²) in [5.74, 6) is 0.986. The second kappa shape index (κ2) is 10.6. The Kier molecular flexibility index (Phi) is 8.45. The minimum Gasteiger partial charge on any atom is -0.506 e. The average Bonchev–Trinajstić information content (AvgIpc) is 2.66. The smallest absolute Gasteiger partial charge is 0.143 e. The monoisotopic (exact) mass is 410 g/mol. The Morgan fingerprint density at radius 3 is 2.20 bits per heavy atom. The van der Waals surface area contributed by atoms with Crippen molar-refractivity contribution >= 4 is 11.4 Å². The number of phenolic OH excluding ortho intramolecular Hbond substituents is 1. The lowest BCUT2D eigenvalue weighted by molar-refractivity contribution is 0.284. The fourth-order valence-electron chi connectivity index (χ4n) is 3.89. The molecule has 0 bridgehead atoms. The second-order valence-electron chi connectivity index (χ2n) is 9.93. The van der Waals surface area contributed by atoms with Gasteiger partial charge in [-0.15, -0.1) is 5.11 Å². The van der Waals surface area contributed by atoms with Gasteiger partial charge in [0.1, 0.15) is 17.2 Å². The molecule has 0 spiro atoms. The van der Waals surface area contributed by atoms with Gasteiger partial charge < -0.3 is 9.84 Å². The fourth-order valence-corrected chi connectivity index (χ4v) is 3.89. The summed E-state index contributed by atoms with van der Waals surface area (Å²) in [6.45, 7) is 14.1. The average molecular weight is 411 g/mol. The molecule has 1 N–H and O–H groups in total. The van der Waals surface area contributed by atoms with Crippen molar-refractivity contribution in [3.8, 4) is 11.5 Å². The highest BCUT2D eigenvalue weighted by molar-refractivity contribution is 5.54. The Bertz CT molecular complexity index is 818. The Morgan fingerprint density at radius 2 is 1.57 bits per heavy atom. The van der Waals surface area contributed by atoms with Gasteiger partial charge in [0.2, 0.25) is 0 Å². The van der Waals surface area contributed by atoms with Crippen LogP contribution in [0.15, 0.2) is 52.7 Å². The summed E-state index contributed by atoms with van der Waals surface area (Å²) in [6, 6.07) is 13.2. The topological polar surface area (TPSA) is 54.2 Å². The first-order chi connectivity index (χ1) is 14.1. The molecule has 0 aromatic heterocycles. The van der Waals surface area contributed by atoms with Gasteiger partial charge in [-0.25, -0.2) is 0 Å². The van der Waals surface area contributed by atoms with E-state index in [0.717, 1.165) is 36.4 Å². The third kappa shape index (κ3) is 7.81.